The number of halogens is 1. The first-order valence-corrected chi connectivity index (χ1v) is 7.81. The summed E-state index contributed by atoms with van der Waals surface area (Å²) in [5, 5.41) is 14.4. The molecule has 0 bridgehead atoms. The molecule has 1 N–H and O–H groups in total. The van der Waals surface area contributed by atoms with E-state index in [1.807, 2.05) is 6.07 Å². The monoisotopic (exact) mass is 339 g/mol. The van der Waals surface area contributed by atoms with Crippen LogP contribution in [0.25, 0.3) is 0 Å². The molecule has 1 aromatic carbocycles. The third-order valence-corrected chi connectivity index (χ3v) is 4.79. The van der Waals surface area contributed by atoms with Gasteiger partial charge in [0.2, 0.25) is 0 Å². The van der Waals surface area contributed by atoms with Crippen LogP contribution in [0, 0.1) is 16.0 Å². The second-order valence-corrected chi connectivity index (χ2v) is 6.59. The normalized spacial score (nSPS) is 26.4. The van der Waals surface area contributed by atoms with Crippen molar-refractivity contribution in [1.82, 2.24) is 10.2 Å². The van der Waals surface area contributed by atoms with Crippen molar-refractivity contribution in [3.63, 3.8) is 0 Å². The Kier molecular flexibility index (Phi) is 4.05. The summed E-state index contributed by atoms with van der Waals surface area (Å²) in [5.74, 6) is 0.742. The van der Waals surface area contributed by atoms with E-state index in [4.69, 9.17) is 0 Å². The Labute approximate surface area is 126 Å². The van der Waals surface area contributed by atoms with E-state index in [0.717, 1.165) is 42.1 Å². The molecule has 5 nitrogen and oxygen atoms in total. The maximum atomic E-state index is 10.9. The van der Waals surface area contributed by atoms with Crippen LogP contribution in [0.4, 0.5) is 5.69 Å². The number of rotatable bonds is 3. The second-order valence-electron chi connectivity index (χ2n) is 5.67. The molecular weight excluding hydrogens is 322 g/mol. The molecule has 0 radical (unpaired) electrons. The van der Waals surface area contributed by atoms with E-state index in [9.17, 15) is 10.1 Å². The fraction of sp³-hybridized carbons (Fsp3) is 0.571. The van der Waals surface area contributed by atoms with Crippen molar-refractivity contribution < 1.29 is 4.92 Å². The summed E-state index contributed by atoms with van der Waals surface area (Å²) in [6.45, 7) is 4.03. The lowest BCUT2D eigenvalue weighted by molar-refractivity contribution is -0.385. The molecule has 2 atom stereocenters. The van der Waals surface area contributed by atoms with E-state index in [-0.39, 0.29) is 10.6 Å². The van der Waals surface area contributed by atoms with Crippen molar-refractivity contribution in [3.8, 4) is 0 Å². The molecule has 20 heavy (non-hydrogen) atoms. The van der Waals surface area contributed by atoms with Crippen LogP contribution in [-0.2, 0) is 6.54 Å². The predicted octanol–water partition coefficient (Wildman–Crippen LogP) is 2.54. The minimum absolute atomic E-state index is 0.160. The number of nitrogens with one attached hydrogen (secondary N) is 1. The van der Waals surface area contributed by atoms with Gasteiger partial charge in [0, 0.05) is 35.7 Å². The third kappa shape index (κ3) is 2.87. The molecule has 6 heteroatoms. The number of nitro benzene ring substituents is 1. The fourth-order valence-corrected chi connectivity index (χ4v) is 3.95. The van der Waals surface area contributed by atoms with Crippen molar-refractivity contribution in [2.24, 2.45) is 5.92 Å². The first-order valence-electron chi connectivity index (χ1n) is 7.02. The molecule has 0 saturated carbocycles. The summed E-state index contributed by atoms with van der Waals surface area (Å²) >= 11 is 3.37. The summed E-state index contributed by atoms with van der Waals surface area (Å²) < 4.78 is 0.778. The summed E-state index contributed by atoms with van der Waals surface area (Å²) in [6, 6.07) is 5.82. The number of hydrogen-bond acceptors (Lipinski definition) is 4. The zero-order valence-corrected chi connectivity index (χ0v) is 12.8. The number of nitrogens with zero attached hydrogens (tertiary/aromatic N) is 2. The lowest BCUT2D eigenvalue weighted by Crippen LogP contribution is -2.44. The van der Waals surface area contributed by atoms with Gasteiger partial charge in [-0.05, 0) is 43.5 Å². The van der Waals surface area contributed by atoms with Crippen molar-refractivity contribution in [2.45, 2.75) is 25.4 Å². The van der Waals surface area contributed by atoms with Gasteiger partial charge in [0.25, 0.3) is 5.69 Å². The highest BCUT2D eigenvalue weighted by Gasteiger charge is 2.34. The van der Waals surface area contributed by atoms with Crippen molar-refractivity contribution in [1.29, 1.82) is 0 Å². The van der Waals surface area contributed by atoms with Crippen LogP contribution in [0.5, 0.6) is 0 Å². The summed E-state index contributed by atoms with van der Waals surface area (Å²) in [7, 11) is 0. The smallest absolute Gasteiger partial charge is 0.270 e. The molecule has 2 heterocycles. The first-order chi connectivity index (χ1) is 9.63. The van der Waals surface area contributed by atoms with Crippen molar-refractivity contribution >= 4 is 21.6 Å². The second kappa shape index (κ2) is 5.79. The number of non-ortho nitro benzene ring substituents is 1. The topological polar surface area (TPSA) is 58.4 Å². The van der Waals surface area contributed by atoms with Crippen LogP contribution in [0.2, 0.25) is 0 Å². The van der Waals surface area contributed by atoms with E-state index in [1.54, 1.807) is 12.1 Å². The number of fused-ring (bicyclic) bond motifs is 1. The van der Waals surface area contributed by atoms with Crippen LogP contribution in [-0.4, -0.2) is 35.5 Å². The highest BCUT2D eigenvalue weighted by atomic mass is 79.9. The third-order valence-electron chi connectivity index (χ3n) is 4.33. The Bertz CT molecular complexity index is 523. The van der Waals surface area contributed by atoms with Gasteiger partial charge in [-0.25, -0.2) is 0 Å². The van der Waals surface area contributed by atoms with Crippen molar-refractivity contribution in [2.75, 3.05) is 19.6 Å². The molecule has 1 aromatic rings. The number of nitro groups is 1. The Balaban J connectivity index is 1.78. The minimum atomic E-state index is -0.329. The zero-order chi connectivity index (χ0) is 14.1. The molecule has 2 unspecified atom stereocenters. The summed E-state index contributed by atoms with van der Waals surface area (Å²) in [6.07, 6.45) is 2.52. The Morgan fingerprint density at radius 2 is 2.25 bits per heavy atom. The lowest BCUT2D eigenvalue weighted by atomic mass is 9.91. The maximum Gasteiger partial charge on any atom is 0.270 e. The molecule has 2 saturated heterocycles. The van der Waals surface area contributed by atoms with E-state index in [0.29, 0.717) is 6.04 Å². The largest absolute Gasteiger partial charge is 0.315 e. The van der Waals surface area contributed by atoms with Crippen LogP contribution in [0.3, 0.4) is 0 Å². The molecule has 3 rings (SSSR count). The first kappa shape index (κ1) is 14.0. The Hall–Kier alpha value is -0.980. The molecule has 0 spiro atoms. The SMILES string of the molecule is O=[N+]([O-])c1cc(Br)cc(CN2CCCC3CNCC32)c1. The van der Waals surface area contributed by atoms with E-state index in [1.165, 1.54) is 12.8 Å². The van der Waals surface area contributed by atoms with Crippen molar-refractivity contribution in [3.05, 3.63) is 38.3 Å². The predicted molar refractivity (Wildman–Crippen MR) is 80.6 cm³/mol. The van der Waals surface area contributed by atoms with Gasteiger partial charge in [0.1, 0.15) is 0 Å². The number of likely N-dealkylation sites (tertiary alicyclic amines) is 1. The molecule has 0 aromatic heterocycles. The molecule has 2 aliphatic rings. The van der Waals surface area contributed by atoms with Crippen LogP contribution in [0.1, 0.15) is 18.4 Å². The standard InChI is InChI=1S/C14H18BrN3O2/c15-12-4-10(5-13(6-12)18(19)20)9-17-3-1-2-11-7-16-8-14(11)17/h4-6,11,14,16H,1-3,7-9H2. The average Bonchev–Trinajstić information content (AvgIpc) is 2.87. The lowest BCUT2D eigenvalue weighted by Gasteiger charge is -2.37. The molecule has 108 valence electrons. The van der Waals surface area contributed by atoms with Gasteiger partial charge in [-0.15, -0.1) is 0 Å². The molecule has 2 fully saturated rings. The summed E-state index contributed by atoms with van der Waals surface area (Å²) in [4.78, 5) is 13.1. The zero-order valence-electron chi connectivity index (χ0n) is 11.2. The van der Waals surface area contributed by atoms with Crippen LogP contribution >= 0.6 is 15.9 Å². The van der Waals surface area contributed by atoms with Gasteiger partial charge in [0.15, 0.2) is 0 Å². The summed E-state index contributed by atoms with van der Waals surface area (Å²) in [5.41, 5.74) is 1.17. The molecule has 0 amide bonds. The van der Waals surface area contributed by atoms with Crippen LogP contribution < -0.4 is 5.32 Å². The van der Waals surface area contributed by atoms with Gasteiger partial charge >= 0.3 is 0 Å². The molecule has 2 aliphatic heterocycles. The number of piperidine rings is 1. The van der Waals surface area contributed by atoms with E-state index < -0.39 is 0 Å². The van der Waals surface area contributed by atoms with Gasteiger partial charge in [-0.1, -0.05) is 15.9 Å². The number of hydrogen-bond donors (Lipinski definition) is 1. The van der Waals surface area contributed by atoms with Gasteiger partial charge in [-0.2, -0.15) is 0 Å². The minimum Gasteiger partial charge on any atom is -0.315 e. The van der Waals surface area contributed by atoms with Gasteiger partial charge in [0.05, 0.1) is 4.92 Å². The fourth-order valence-electron chi connectivity index (χ4n) is 3.42. The maximum absolute atomic E-state index is 10.9. The highest BCUT2D eigenvalue weighted by molar-refractivity contribution is 9.10. The van der Waals surface area contributed by atoms with Gasteiger partial charge < -0.3 is 5.32 Å². The average molecular weight is 340 g/mol. The Morgan fingerprint density at radius 3 is 3.05 bits per heavy atom. The van der Waals surface area contributed by atoms with E-state index in [2.05, 4.69) is 26.1 Å². The number of benzene rings is 1. The van der Waals surface area contributed by atoms with Gasteiger partial charge in [-0.3, -0.25) is 15.0 Å². The van der Waals surface area contributed by atoms with E-state index >= 15 is 0 Å². The Morgan fingerprint density at radius 1 is 1.40 bits per heavy atom. The highest BCUT2D eigenvalue weighted by Crippen LogP contribution is 2.29. The van der Waals surface area contributed by atoms with Crippen LogP contribution in [0.15, 0.2) is 22.7 Å². The molecule has 0 aliphatic carbocycles. The quantitative estimate of drug-likeness (QED) is 0.679. The molecular formula is C14H18BrN3O2.